The van der Waals surface area contributed by atoms with Gasteiger partial charge in [-0.05, 0) is 19.1 Å². The SMILES string of the molecule is CC(=O)c1nc(C)ccc1N. The highest BCUT2D eigenvalue weighted by Gasteiger charge is 2.04. The molecule has 0 fully saturated rings. The van der Waals surface area contributed by atoms with Gasteiger partial charge in [-0.3, -0.25) is 4.79 Å². The molecular formula is C8H10N2O. The van der Waals surface area contributed by atoms with Gasteiger partial charge in [-0.25, -0.2) is 4.98 Å². The Hall–Kier alpha value is -1.38. The van der Waals surface area contributed by atoms with Crippen LogP contribution in [0.2, 0.25) is 0 Å². The second-order valence-electron chi connectivity index (χ2n) is 2.45. The van der Waals surface area contributed by atoms with Gasteiger partial charge in [0, 0.05) is 12.6 Å². The first-order valence-corrected chi connectivity index (χ1v) is 3.35. The predicted molar refractivity (Wildman–Crippen MR) is 43.4 cm³/mol. The van der Waals surface area contributed by atoms with Gasteiger partial charge in [0.1, 0.15) is 5.69 Å². The zero-order valence-electron chi connectivity index (χ0n) is 6.59. The fourth-order valence-electron chi connectivity index (χ4n) is 0.849. The molecule has 0 saturated carbocycles. The van der Waals surface area contributed by atoms with Crippen molar-refractivity contribution in [3.05, 3.63) is 23.5 Å². The largest absolute Gasteiger partial charge is 0.397 e. The summed E-state index contributed by atoms with van der Waals surface area (Å²) in [5, 5.41) is 0. The monoisotopic (exact) mass is 150 g/mol. The Morgan fingerprint density at radius 3 is 2.64 bits per heavy atom. The van der Waals surface area contributed by atoms with Crippen LogP contribution in [0.3, 0.4) is 0 Å². The zero-order valence-corrected chi connectivity index (χ0v) is 6.59. The summed E-state index contributed by atoms with van der Waals surface area (Å²) < 4.78 is 0. The van der Waals surface area contributed by atoms with Gasteiger partial charge in [0.2, 0.25) is 0 Å². The lowest BCUT2D eigenvalue weighted by atomic mass is 10.2. The lowest BCUT2D eigenvalue weighted by molar-refractivity contribution is 0.101. The number of aryl methyl sites for hydroxylation is 1. The van der Waals surface area contributed by atoms with E-state index in [1.807, 2.05) is 6.92 Å². The van der Waals surface area contributed by atoms with Crippen molar-refractivity contribution in [3.8, 4) is 0 Å². The quantitative estimate of drug-likeness (QED) is 0.611. The molecule has 3 heteroatoms. The molecule has 58 valence electrons. The number of nitrogen functional groups attached to an aromatic ring is 1. The maximum Gasteiger partial charge on any atom is 0.180 e. The molecular weight excluding hydrogens is 140 g/mol. The first-order valence-electron chi connectivity index (χ1n) is 3.35. The van der Waals surface area contributed by atoms with Crippen molar-refractivity contribution in [3.63, 3.8) is 0 Å². The summed E-state index contributed by atoms with van der Waals surface area (Å²) in [4.78, 5) is 14.9. The number of carbonyl (C=O) groups excluding carboxylic acids is 1. The van der Waals surface area contributed by atoms with Gasteiger partial charge in [0.15, 0.2) is 5.78 Å². The molecule has 0 bridgehead atoms. The molecule has 0 atom stereocenters. The number of carbonyl (C=O) groups is 1. The minimum absolute atomic E-state index is 0.0915. The number of nitrogens with two attached hydrogens (primary N) is 1. The van der Waals surface area contributed by atoms with Crippen LogP contribution in [0, 0.1) is 6.92 Å². The first-order chi connectivity index (χ1) is 5.11. The third kappa shape index (κ3) is 1.55. The summed E-state index contributed by atoms with van der Waals surface area (Å²) in [5.41, 5.74) is 7.13. The van der Waals surface area contributed by atoms with Crippen molar-refractivity contribution in [2.24, 2.45) is 0 Å². The second-order valence-corrected chi connectivity index (χ2v) is 2.45. The molecule has 1 rings (SSSR count). The molecule has 0 unspecified atom stereocenters. The van der Waals surface area contributed by atoms with Crippen molar-refractivity contribution in [1.29, 1.82) is 0 Å². The van der Waals surface area contributed by atoms with Gasteiger partial charge in [-0.2, -0.15) is 0 Å². The molecule has 0 radical (unpaired) electrons. The van der Waals surface area contributed by atoms with Crippen LogP contribution in [0.25, 0.3) is 0 Å². The summed E-state index contributed by atoms with van der Waals surface area (Å²) in [6.07, 6.45) is 0. The summed E-state index contributed by atoms with van der Waals surface area (Å²) in [5.74, 6) is -0.0915. The standard InChI is InChI=1S/C8H10N2O/c1-5-3-4-7(9)8(10-5)6(2)11/h3-4H,9H2,1-2H3. The highest BCUT2D eigenvalue weighted by Crippen LogP contribution is 2.09. The van der Waals surface area contributed by atoms with E-state index in [2.05, 4.69) is 4.98 Å². The molecule has 3 nitrogen and oxygen atoms in total. The molecule has 0 aromatic carbocycles. The van der Waals surface area contributed by atoms with Crippen molar-refractivity contribution in [2.45, 2.75) is 13.8 Å². The molecule has 0 saturated heterocycles. The number of pyridine rings is 1. The molecule has 0 aliphatic carbocycles. The van der Waals surface area contributed by atoms with Crippen LogP contribution < -0.4 is 5.73 Å². The summed E-state index contributed by atoms with van der Waals surface area (Å²) >= 11 is 0. The third-order valence-corrected chi connectivity index (χ3v) is 1.40. The molecule has 1 aromatic rings. The Labute approximate surface area is 65.2 Å². The number of ketones is 1. The number of rotatable bonds is 1. The Morgan fingerprint density at radius 1 is 1.55 bits per heavy atom. The fraction of sp³-hybridized carbons (Fsp3) is 0.250. The van der Waals surface area contributed by atoms with Gasteiger partial charge in [-0.15, -0.1) is 0 Å². The maximum absolute atomic E-state index is 10.9. The second kappa shape index (κ2) is 2.70. The van der Waals surface area contributed by atoms with E-state index in [-0.39, 0.29) is 5.78 Å². The van der Waals surface area contributed by atoms with E-state index in [9.17, 15) is 4.79 Å². The van der Waals surface area contributed by atoms with E-state index < -0.39 is 0 Å². The van der Waals surface area contributed by atoms with Crippen LogP contribution >= 0.6 is 0 Å². The third-order valence-electron chi connectivity index (χ3n) is 1.40. The van der Waals surface area contributed by atoms with Crippen LogP contribution in [-0.2, 0) is 0 Å². The number of Topliss-reactive ketones (excluding diaryl/α,β-unsaturated/α-hetero) is 1. The molecule has 0 aliphatic heterocycles. The van der Waals surface area contributed by atoms with E-state index in [1.165, 1.54) is 6.92 Å². The molecule has 1 aromatic heterocycles. The van der Waals surface area contributed by atoms with Gasteiger partial charge < -0.3 is 5.73 Å². The van der Waals surface area contributed by atoms with Gasteiger partial charge in [0.25, 0.3) is 0 Å². The van der Waals surface area contributed by atoms with Gasteiger partial charge >= 0.3 is 0 Å². The lowest BCUT2D eigenvalue weighted by Crippen LogP contribution is -2.03. The van der Waals surface area contributed by atoms with Crippen LogP contribution in [-0.4, -0.2) is 10.8 Å². The summed E-state index contributed by atoms with van der Waals surface area (Å²) in [6, 6.07) is 3.47. The Morgan fingerprint density at radius 2 is 2.18 bits per heavy atom. The van der Waals surface area contributed by atoms with Crippen LogP contribution in [0.1, 0.15) is 23.1 Å². The van der Waals surface area contributed by atoms with Crippen molar-refractivity contribution < 1.29 is 4.79 Å². The number of nitrogens with zero attached hydrogens (tertiary/aromatic N) is 1. The van der Waals surface area contributed by atoms with Gasteiger partial charge in [-0.1, -0.05) is 0 Å². The smallest absolute Gasteiger partial charge is 0.180 e. The topological polar surface area (TPSA) is 56.0 Å². The number of hydrogen-bond donors (Lipinski definition) is 1. The molecule has 1 heterocycles. The van der Waals surface area contributed by atoms with Crippen molar-refractivity contribution >= 4 is 11.5 Å². The Balaban J connectivity index is 3.23. The van der Waals surface area contributed by atoms with E-state index in [0.29, 0.717) is 11.4 Å². The maximum atomic E-state index is 10.9. The number of anilines is 1. The minimum atomic E-state index is -0.0915. The molecule has 0 spiro atoms. The van der Waals surface area contributed by atoms with E-state index >= 15 is 0 Å². The van der Waals surface area contributed by atoms with Gasteiger partial charge in [0.05, 0.1) is 5.69 Å². The number of aromatic nitrogens is 1. The van der Waals surface area contributed by atoms with Crippen molar-refractivity contribution in [2.75, 3.05) is 5.73 Å². The predicted octanol–water partition coefficient (Wildman–Crippen LogP) is 1.17. The average molecular weight is 150 g/mol. The fourth-order valence-corrected chi connectivity index (χ4v) is 0.849. The van der Waals surface area contributed by atoms with Crippen LogP contribution in [0.15, 0.2) is 12.1 Å². The average Bonchev–Trinajstić information content (AvgIpc) is 1.94. The highest BCUT2D eigenvalue weighted by atomic mass is 16.1. The van der Waals surface area contributed by atoms with Crippen LogP contribution in [0.5, 0.6) is 0 Å². The van der Waals surface area contributed by atoms with E-state index in [4.69, 9.17) is 5.73 Å². The first kappa shape index (κ1) is 7.72. The summed E-state index contributed by atoms with van der Waals surface area (Å²) in [7, 11) is 0. The van der Waals surface area contributed by atoms with E-state index in [0.717, 1.165) is 5.69 Å². The molecule has 11 heavy (non-hydrogen) atoms. The molecule has 2 N–H and O–H groups in total. The minimum Gasteiger partial charge on any atom is -0.397 e. The lowest BCUT2D eigenvalue weighted by Gasteiger charge is -2.00. The van der Waals surface area contributed by atoms with E-state index in [1.54, 1.807) is 12.1 Å². The Kier molecular flexibility index (Phi) is 1.89. The molecule has 0 aliphatic rings. The summed E-state index contributed by atoms with van der Waals surface area (Å²) in [6.45, 7) is 3.28. The zero-order chi connectivity index (χ0) is 8.43. The number of hydrogen-bond acceptors (Lipinski definition) is 3. The Bertz CT molecular complexity index is 294. The van der Waals surface area contributed by atoms with Crippen LogP contribution in [0.4, 0.5) is 5.69 Å². The normalized spacial score (nSPS) is 9.64. The molecule has 0 amide bonds. The highest BCUT2D eigenvalue weighted by molar-refractivity contribution is 5.96. The van der Waals surface area contributed by atoms with Crippen molar-refractivity contribution in [1.82, 2.24) is 4.98 Å².